The number of nitrogens with zero attached hydrogens (tertiary/aromatic N) is 3. The van der Waals surface area contributed by atoms with Crippen LogP contribution in [0.2, 0.25) is 0 Å². The van der Waals surface area contributed by atoms with Crippen molar-refractivity contribution in [2.75, 3.05) is 5.73 Å². The van der Waals surface area contributed by atoms with Crippen LogP contribution in [0, 0.1) is 0 Å². The maximum Gasteiger partial charge on any atom is 0.416 e. The van der Waals surface area contributed by atoms with Gasteiger partial charge in [0.1, 0.15) is 0 Å². The van der Waals surface area contributed by atoms with E-state index in [9.17, 15) is 13.2 Å². The minimum absolute atomic E-state index is 0.122. The van der Waals surface area contributed by atoms with Crippen molar-refractivity contribution in [3.63, 3.8) is 0 Å². The number of aromatic nitrogens is 1. The second-order valence-corrected chi connectivity index (χ2v) is 4.33. The summed E-state index contributed by atoms with van der Waals surface area (Å²) >= 11 is 1.10. The maximum atomic E-state index is 12.4. The molecule has 0 radical (unpaired) electrons. The van der Waals surface area contributed by atoms with Gasteiger partial charge < -0.3 is 5.73 Å². The molecule has 0 atom stereocenters. The Morgan fingerprint density at radius 2 is 2.00 bits per heavy atom. The SMILES string of the molecule is Nc1ncc(N=Nc2cccc(C(F)(F)F)c2)s1. The summed E-state index contributed by atoms with van der Waals surface area (Å²) < 4.78 is 37.3. The predicted molar refractivity (Wildman–Crippen MR) is 62.1 cm³/mol. The Kier molecular flexibility index (Phi) is 3.28. The Labute approximate surface area is 104 Å². The highest BCUT2D eigenvalue weighted by atomic mass is 32.1. The maximum absolute atomic E-state index is 12.4. The van der Waals surface area contributed by atoms with Gasteiger partial charge in [0.05, 0.1) is 17.4 Å². The van der Waals surface area contributed by atoms with E-state index in [1.165, 1.54) is 18.3 Å². The van der Waals surface area contributed by atoms with Crippen molar-refractivity contribution in [1.29, 1.82) is 0 Å². The fraction of sp³-hybridized carbons (Fsp3) is 0.100. The van der Waals surface area contributed by atoms with Gasteiger partial charge in [-0.05, 0) is 18.2 Å². The highest BCUT2D eigenvalue weighted by molar-refractivity contribution is 7.18. The summed E-state index contributed by atoms with van der Waals surface area (Å²) in [6.07, 6.45) is -2.99. The molecule has 0 amide bonds. The van der Waals surface area contributed by atoms with Gasteiger partial charge in [-0.2, -0.15) is 13.2 Å². The number of rotatable bonds is 2. The van der Waals surface area contributed by atoms with Crippen LogP contribution in [0.15, 0.2) is 40.7 Å². The minimum atomic E-state index is -4.39. The molecule has 0 bridgehead atoms. The first-order valence-corrected chi connectivity index (χ1v) is 5.57. The molecule has 1 heterocycles. The van der Waals surface area contributed by atoms with Gasteiger partial charge in [-0.25, -0.2) is 4.98 Å². The third-order valence-corrected chi connectivity index (χ3v) is 2.66. The summed E-state index contributed by atoms with van der Waals surface area (Å²) in [4.78, 5) is 3.75. The molecule has 0 saturated heterocycles. The number of benzene rings is 1. The number of thiazole rings is 1. The molecular weight excluding hydrogens is 265 g/mol. The normalized spacial score (nSPS) is 12.2. The molecule has 1 aromatic heterocycles. The summed E-state index contributed by atoms with van der Waals surface area (Å²) in [5.74, 6) is 0. The molecule has 1 aromatic carbocycles. The van der Waals surface area contributed by atoms with Gasteiger partial charge >= 0.3 is 6.18 Å². The highest BCUT2D eigenvalue weighted by Crippen LogP contribution is 2.32. The Morgan fingerprint density at radius 3 is 2.61 bits per heavy atom. The van der Waals surface area contributed by atoms with Crippen LogP contribution in [0.4, 0.5) is 29.0 Å². The number of hydrogen-bond acceptors (Lipinski definition) is 5. The molecule has 8 heteroatoms. The Bertz CT molecular complexity index is 576. The molecule has 4 nitrogen and oxygen atoms in total. The standard InChI is InChI=1S/C10H7F3N4S/c11-10(12,13)6-2-1-3-7(4-6)16-17-8-5-15-9(14)18-8/h1-5H,(H2,14,15). The Morgan fingerprint density at radius 1 is 1.22 bits per heavy atom. The number of nitrogen functional groups attached to an aromatic ring is 1. The molecule has 0 aliphatic heterocycles. The van der Waals surface area contributed by atoms with Crippen molar-refractivity contribution in [3.8, 4) is 0 Å². The molecule has 2 aromatic rings. The number of alkyl halides is 3. The fourth-order valence-corrected chi connectivity index (χ4v) is 1.68. The first kappa shape index (κ1) is 12.5. The van der Waals surface area contributed by atoms with E-state index in [0.29, 0.717) is 10.1 Å². The molecule has 94 valence electrons. The smallest absolute Gasteiger partial charge is 0.375 e. The van der Waals surface area contributed by atoms with E-state index in [1.807, 2.05) is 0 Å². The molecule has 2 N–H and O–H groups in total. The average Bonchev–Trinajstić information content (AvgIpc) is 2.72. The van der Waals surface area contributed by atoms with E-state index in [1.54, 1.807) is 0 Å². The summed E-state index contributed by atoms with van der Waals surface area (Å²) in [6, 6.07) is 4.61. The lowest BCUT2D eigenvalue weighted by Crippen LogP contribution is -2.03. The molecular formula is C10H7F3N4S. The Hall–Kier alpha value is -1.96. The number of anilines is 1. The van der Waals surface area contributed by atoms with Crippen LogP contribution in [0.1, 0.15) is 5.56 Å². The van der Waals surface area contributed by atoms with Gasteiger partial charge in [0, 0.05) is 0 Å². The predicted octanol–water partition coefficient (Wildman–Crippen LogP) is 4.16. The van der Waals surface area contributed by atoms with E-state index < -0.39 is 11.7 Å². The molecule has 18 heavy (non-hydrogen) atoms. The van der Waals surface area contributed by atoms with Gasteiger partial charge in [-0.3, -0.25) is 0 Å². The van der Waals surface area contributed by atoms with Crippen LogP contribution >= 0.6 is 11.3 Å². The summed E-state index contributed by atoms with van der Waals surface area (Å²) in [5.41, 5.74) is 4.75. The third kappa shape index (κ3) is 3.04. The average molecular weight is 272 g/mol. The number of nitrogens with two attached hydrogens (primary N) is 1. The first-order valence-electron chi connectivity index (χ1n) is 4.75. The van der Waals surface area contributed by atoms with Crippen LogP contribution in [0.5, 0.6) is 0 Å². The second-order valence-electron chi connectivity index (χ2n) is 3.28. The van der Waals surface area contributed by atoms with Gasteiger partial charge in [-0.15, -0.1) is 10.2 Å². The third-order valence-electron chi connectivity index (χ3n) is 1.95. The van der Waals surface area contributed by atoms with Crippen LogP contribution in [-0.2, 0) is 6.18 Å². The Balaban J connectivity index is 2.22. The largest absolute Gasteiger partial charge is 0.416 e. The lowest BCUT2D eigenvalue weighted by atomic mass is 10.2. The van der Waals surface area contributed by atoms with E-state index in [4.69, 9.17) is 5.73 Å². The lowest BCUT2D eigenvalue weighted by molar-refractivity contribution is -0.137. The molecule has 0 unspecified atom stereocenters. The van der Waals surface area contributed by atoms with Crippen molar-refractivity contribution < 1.29 is 13.2 Å². The highest BCUT2D eigenvalue weighted by Gasteiger charge is 2.30. The fourth-order valence-electron chi connectivity index (χ4n) is 1.18. The van der Waals surface area contributed by atoms with E-state index >= 15 is 0 Å². The van der Waals surface area contributed by atoms with Crippen molar-refractivity contribution in [2.45, 2.75) is 6.18 Å². The van der Waals surface area contributed by atoms with Crippen molar-refractivity contribution in [3.05, 3.63) is 36.0 Å². The summed E-state index contributed by atoms with van der Waals surface area (Å²) in [5, 5.41) is 8.22. The summed E-state index contributed by atoms with van der Waals surface area (Å²) in [7, 11) is 0. The van der Waals surface area contributed by atoms with E-state index in [-0.39, 0.29) is 5.69 Å². The van der Waals surface area contributed by atoms with Gasteiger partial charge in [0.2, 0.25) is 0 Å². The molecule has 0 aliphatic rings. The monoisotopic (exact) mass is 272 g/mol. The zero-order valence-electron chi connectivity index (χ0n) is 8.85. The van der Waals surface area contributed by atoms with Gasteiger partial charge in [0.25, 0.3) is 0 Å². The van der Waals surface area contributed by atoms with Gasteiger partial charge in [-0.1, -0.05) is 17.4 Å². The van der Waals surface area contributed by atoms with Crippen molar-refractivity contribution in [2.24, 2.45) is 10.2 Å². The zero-order valence-corrected chi connectivity index (χ0v) is 9.66. The topological polar surface area (TPSA) is 63.6 Å². The molecule has 2 rings (SSSR count). The number of halogens is 3. The van der Waals surface area contributed by atoms with Gasteiger partial charge in [0.15, 0.2) is 10.1 Å². The minimum Gasteiger partial charge on any atom is -0.375 e. The van der Waals surface area contributed by atoms with Crippen molar-refractivity contribution in [1.82, 2.24) is 4.98 Å². The van der Waals surface area contributed by atoms with Crippen LogP contribution in [0.25, 0.3) is 0 Å². The lowest BCUT2D eigenvalue weighted by Gasteiger charge is -2.05. The quantitative estimate of drug-likeness (QED) is 0.834. The van der Waals surface area contributed by atoms with E-state index in [0.717, 1.165) is 23.5 Å². The number of hydrogen-bond donors (Lipinski definition) is 1. The van der Waals surface area contributed by atoms with Crippen LogP contribution in [-0.4, -0.2) is 4.98 Å². The second kappa shape index (κ2) is 4.73. The molecule has 0 fully saturated rings. The molecule has 0 aliphatic carbocycles. The van der Waals surface area contributed by atoms with Crippen molar-refractivity contribution >= 4 is 27.2 Å². The zero-order chi connectivity index (χ0) is 13.2. The molecule has 0 spiro atoms. The van der Waals surface area contributed by atoms with Crippen LogP contribution in [0.3, 0.4) is 0 Å². The van der Waals surface area contributed by atoms with Crippen LogP contribution < -0.4 is 5.73 Å². The van der Waals surface area contributed by atoms with E-state index in [2.05, 4.69) is 15.2 Å². The number of azo groups is 1. The first-order chi connectivity index (χ1) is 8.45. The molecule has 0 saturated carbocycles. The summed E-state index contributed by atoms with van der Waals surface area (Å²) in [6.45, 7) is 0.